The van der Waals surface area contributed by atoms with Crippen LogP contribution in [-0.2, 0) is 0 Å². The molecule has 0 aliphatic carbocycles. The number of anilines is 3. The van der Waals surface area contributed by atoms with E-state index in [1.807, 2.05) is 0 Å². The number of hydrogen-bond acceptors (Lipinski definition) is 9. The molecule has 0 saturated carbocycles. The fourth-order valence-electron chi connectivity index (χ4n) is 2.38. The van der Waals surface area contributed by atoms with E-state index in [0.717, 1.165) is 12.3 Å². The summed E-state index contributed by atoms with van der Waals surface area (Å²) >= 11 is 0. The summed E-state index contributed by atoms with van der Waals surface area (Å²) in [7, 11) is 1.39. The average molecular weight is 407 g/mol. The molecule has 13 heteroatoms. The van der Waals surface area contributed by atoms with Gasteiger partial charge in [0, 0.05) is 6.07 Å². The van der Waals surface area contributed by atoms with Crippen molar-refractivity contribution in [2.45, 2.75) is 6.04 Å². The molecule has 0 aromatic carbocycles. The van der Waals surface area contributed by atoms with Crippen LogP contribution in [0.5, 0.6) is 5.88 Å². The first-order chi connectivity index (χ1) is 13.9. The minimum atomic E-state index is -0.990. The third-order valence-electron chi connectivity index (χ3n) is 3.77. The van der Waals surface area contributed by atoms with Crippen molar-refractivity contribution < 1.29 is 23.5 Å². The Bertz CT molecular complexity index is 1010. The quantitative estimate of drug-likeness (QED) is 0.325. The second-order valence-electron chi connectivity index (χ2n) is 5.67. The number of halogens is 2. The van der Waals surface area contributed by atoms with E-state index >= 15 is 0 Å². The largest absolute Gasteiger partial charge is 0.480 e. The predicted molar refractivity (Wildman–Crippen MR) is 96.9 cm³/mol. The van der Waals surface area contributed by atoms with Crippen molar-refractivity contribution in [3.8, 4) is 5.88 Å². The van der Waals surface area contributed by atoms with E-state index in [9.17, 15) is 24.0 Å². The summed E-state index contributed by atoms with van der Waals surface area (Å²) in [5.41, 5.74) is -0.446. The Balaban J connectivity index is 1.94. The van der Waals surface area contributed by atoms with Crippen LogP contribution < -0.4 is 15.4 Å². The van der Waals surface area contributed by atoms with E-state index in [1.54, 1.807) is 0 Å². The number of pyridine rings is 2. The van der Waals surface area contributed by atoms with Crippen LogP contribution in [0.3, 0.4) is 0 Å². The molecule has 0 fully saturated rings. The first kappa shape index (κ1) is 19.9. The third kappa shape index (κ3) is 4.52. The van der Waals surface area contributed by atoms with E-state index in [1.165, 1.54) is 19.2 Å². The number of nitrogens with one attached hydrogen (secondary N) is 3. The molecule has 29 heavy (non-hydrogen) atoms. The molecule has 11 nitrogen and oxygen atoms in total. The van der Waals surface area contributed by atoms with Gasteiger partial charge < -0.3 is 20.5 Å². The zero-order valence-electron chi connectivity index (χ0n) is 14.9. The minimum Gasteiger partial charge on any atom is -0.480 e. The number of methoxy groups -OCH3 is 1. The number of nitrogens with zero attached hydrogens (tertiary/aromatic N) is 4. The molecule has 3 aromatic rings. The molecule has 0 amide bonds. The van der Waals surface area contributed by atoms with E-state index in [-0.39, 0.29) is 29.0 Å². The van der Waals surface area contributed by atoms with Crippen molar-refractivity contribution in [2.75, 3.05) is 24.4 Å². The maximum atomic E-state index is 14.3. The van der Waals surface area contributed by atoms with Crippen LogP contribution in [0.25, 0.3) is 0 Å². The van der Waals surface area contributed by atoms with Gasteiger partial charge in [-0.25, -0.2) is 13.8 Å². The van der Waals surface area contributed by atoms with Gasteiger partial charge in [-0.15, -0.1) is 5.10 Å². The van der Waals surface area contributed by atoms with Crippen LogP contribution in [0.1, 0.15) is 11.7 Å². The Morgan fingerprint density at radius 3 is 2.72 bits per heavy atom. The van der Waals surface area contributed by atoms with Gasteiger partial charge in [0.15, 0.2) is 11.6 Å². The lowest BCUT2D eigenvalue weighted by molar-refractivity contribution is -0.384. The molecule has 0 spiro atoms. The van der Waals surface area contributed by atoms with Crippen LogP contribution in [-0.4, -0.2) is 43.9 Å². The van der Waals surface area contributed by atoms with E-state index < -0.39 is 34.9 Å². The number of aromatic amines is 1. The zero-order chi connectivity index (χ0) is 21.0. The van der Waals surface area contributed by atoms with Crippen molar-refractivity contribution in [1.29, 1.82) is 0 Å². The molecule has 3 aromatic heterocycles. The van der Waals surface area contributed by atoms with Gasteiger partial charge in [0.1, 0.15) is 11.6 Å². The maximum absolute atomic E-state index is 14.3. The van der Waals surface area contributed by atoms with Crippen LogP contribution in [0, 0.1) is 21.7 Å². The molecule has 0 saturated heterocycles. The molecule has 3 rings (SSSR count). The van der Waals surface area contributed by atoms with Gasteiger partial charge in [-0.3, -0.25) is 20.2 Å². The number of aliphatic hydroxyl groups is 1. The van der Waals surface area contributed by atoms with Crippen LogP contribution >= 0.6 is 0 Å². The summed E-state index contributed by atoms with van der Waals surface area (Å²) in [6.07, 6.45) is 0.935. The molecule has 3 heterocycles. The van der Waals surface area contributed by atoms with E-state index in [2.05, 4.69) is 30.8 Å². The Morgan fingerprint density at radius 2 is 2.14 bits per heavy atom. The SMILES string of the molecule is COc1cc(Nc2nc(N[C@@H](CO)c3ccc(F)cn3)c([N+](=O)[O-])cc2F)[nH]n1. The lowest BCUT2D eigenvalue weighted by Gasteiger charge is -2.17. The predicted octanol–water partition coefficient (Wildman–Crippen LogP) is 2.28. The highest BCUT2D eigenvalue weighted by Gasteiger charge is 2.24. The van der Waals surface area contributed by atoms with Crippen molar-refractivity contribution in [1.82, 2.24) is 20.2 Å². The topological polar surface area (TPSA) is 151 Å². The smallest absolute Gasteiger partial charge is 0.314 e. The molecule has 152 valence electrons. The van der Waals surface area contributed by atoms with Crippen molar-refractivity contribution in [3.05, 3.63) is 57.9 Å². The summed E-state index contributed by atoms with van der Waals surface area (Å²) in [5.74, 6) is -1.78. The Hall–Kier alpha value is -3.87. The molecular formula is C16H15F2N7O4. The molecule has 0 radical (unpaired) electrons. The van der Waals surface area contributed by atoms with Gasteiger partial charge in [-0.2, -0.15) is 0 Å². The summed E-state index contributed by atoms with van der Waals surface area (Å²) < 4.78 is 32.3. The minimum absolute atomic E-state index is 0.210. The van der Waals surface area contributed by atoms with E-state index in [4.69, 9.17) is 4.74 Å². The van der Waals surface area contributed by atoms with Gasteiger partial charge in [0.25, 0.3) is 0 Å². The molecular weight excluding hydrogens is 392 g/mol. The Morgan fingerprint density at radius 1 is 1.34 bits per heavy atom. The number of rotatable bonds is 8. The van der Waals surface area contributed by atoms with Gasteiger partial charge in [0.05, 0.1) is 42.6 Å². The van der Waals surface area contributed by atoms with Crippen molar-refractivity contribution in [3.63, 3.8) is 0 Å². The summed E-state index contributed by atoms with van der Waals surface area (Å²) in [6, 6.07) is 3.58. The van der Waals surface area contributed by atoms with Crippen molar-refractivity contribution >= 4 is 23.1 Å². The van der Waals surface area contributed by atoms with Gasteiger partial charge >= 0.3 is 5.69 Å². The Kier molecular flexibility index (Phi) is 5.78. The second-order valence-corrected chi connectivity index (χ2v) is 5.67. The number of ether oxygens (including phenoxy) is 1. The highest BCUT2D eigenvalue weighted by molar-refractivity contribution is 5.64. The van der Waals surface area contributed by atoms with E-state index in [0.29, 0.717) is 6.07 Å². The molecule has 4 N–H and O–H groups in total. The molecule has 0 bridgehead atoms. The number of aliphatic hydroxyl groups excluding tert-OH is 1. The number of nitro groups is 1. The summed E-state index contributed by atoms with van der Waals surface area (Å²) in [4.78, 5) is 18.2. The van der Waals surface area contributed by atoms with Gasteiger partial charge in [-0.05, 0) is 12.1 Å². The van der Waals surface area contributed by atoms with Crippen LogP contribution in [0.15, 0.2) is 30.5 Å². The maximum Gasteiger partial charge on any atom is 0.314 e. The highest BCUT2D eigenvalue weighted by atomic mass is 19.1. The van der Waals surface area contributed by atoms with Gasteiger partial charge in [-0.1, -0.05) is 0 Å². The lowest BCUT2D eigenvalue weighted by Crippen LogP contribution is -2.18. The summed E-state index contributed by atoms with van der Waals surface area (Å²) in [5, 5.41) is 32.5. The number of hydrogen-bond donors (Lipinski definition) is 4. The standard InChI is InChI=1S/C16H15F2N7O4/c1-29-14-5-13(23-24-14)21-15-9(18)4-12(25(27)28)16(22-15)20-11(7-26)10-3-2-8(17)6-19-10/h2-6,11,26H,7H2,1H3,(H3,20,21,22,23,24)/t11-/m0/s1. The molecule has 0 aliphatic heterocycles. The first-order valence-electron chi connectivity index (χ1n) is 8.11. The number of aromatic nitrogens is 4. The van der Waals surface area contributed by atoms with Crippen LogP contribution in [0.4, 0.5) is 31.9 Å². The fraction of sp³-hybridized carbons (Fsp3) is 0.188. The van der Waals surface area contributed by atoms with Crippen LogP contribution in [0.2, 0.25) is 0 Å². The Labute approximate surface area is 161 Å². The molecule has 0 aliphatic rings. The highest BCUT2D eigenvalue weighted by Crippen LogP contribution is 2.31. The second kappa shape index (κ2) is 8.43. The average Bonchev–Trinajstić information content (AvgIpc) is 3.16. The normalized spacial score (nSPS) is 11.7. The van der Waals surface area contributed by atoms with Gasteiger partial charge in [0.2, 0.25) is 11.7 Å². The fourth-order valence-corrected chi connectivity index (χ4v) is 2.38. The zero-order valence-corrected chi connectivity index (χ0v) is 14.9. The summed E-state index contributed by atoms with van der Waals surface area (Å²) in [6.45, 7) is -0.532. The monoisotopic (exact) mass is 407 g/mol. The molecule has 1 atom stereocenters. The lowest BCUT2D eigenvalue weighted by atomic mass is 10.2. The third-order valence-corrected chi connectivity index (χ3v) is 3.77. The first-order valence-corrected chi connectivity index (χ1v) is 8.11. The number of H-pyrrole nitrogens is 1. The van der Waals surface area contributed by atoms with Crippen molar-refractivity contribution in [2.24, 2.45) is 0 Å². The molecule has 0 unspecified atom stereocenters.